The van der Waals surface area contributed by atoms with Crippen LogP contribution in [0, 0.1) is 21.4 Å². The largest absolute Gasteiger partial charge is 0.384 e. The number of nitrogens with zero attached hydrogens (tertiary/aromatic N) is 6. The summed E-state index contributed by atoms with van der Waals surface area (Å²) in [5.74, 6) is -0.418. The number of hydrogen-bond acceptors (Lipinski definition) is 9. The number of nitriles is 1. The number of rotatable bonds is 5. The van der Waals surface area contributed by atoms with Crippen LogP contribution >= 0.6 is 11.3 Å². The molecule has 3 heterocycles. The quantitative estimate of drug-likeness (QED) is 0.437. The van der Waals surface area contributed by atoms with Crippen molar-refractivity contribution in [3.63, 3.8) is 0 Å². The summed E-state index contributed by atoms with van der Waals surface area (Å²) in [7, 11) is 0. The fraction of sp³-hybridized carbons (Fsp3) is 0.217. The van der Waals surface area contributed by atoms with Crippen LogP contribution in [0.15, 0.2) is 71.0 Å². The molecule has 0 saturated heterocycles. The van der Waals surface area contributed by atoms with Gasteiger partial charge in [0.2, 0.25) is 0 Å². The standard InChI is InChI=1S/C23H19N7O3S/c24-9-17-21(20-7-14(11-34-20)10-28-13-26-12-27-28)22-18(5-2-6-19(22)31)29(23(17)25)15-3-1-4-16(8-15)30(32)33/h1,3-4,7-8,11-13,21H,2,5-6,10,25H2. The third-order valence-electron chi connectivity index (χ3n) is 5.98. The average Bonchev–Trinajstić information content (AvgIpc) is 3.51. The molecule has 0 saturated carbocycles. The van der Waals surface area contributed by atoms with Crippen LogP contribution in [0.2, 0.25) is 0 Å². The number of allylic oxidation sites excluding steroid dienone is 3. The van der Waals surface area contributed by atoms with Gasteiger partial charge in [-0.15, -0.1) is 11.3 Å². The van der Waals surface area contributed by atoms with Gasteiger partial charge in [-0.1, -0.05) is 6.07 Å². The molecule has 10 nitrogen and oxygen atoms in total. The van der Waals surface area contributed by atoms with Crippen molar-refractivity contribution in [1.82, 2.24) is 14.8 Å². The second-order valence-electron chi connectivity index (χ2n) is 8.04. The molecule has 11 heteroatoms. The van der Waals surface area contributed by atoms with E-state index in [1.807, 2.05) is 11.4 Å². The maximum absolute atomic E-state index is 13.2. The van der Waals surface area contributed by atoms with Crippen LogP contribution in [-0.4, -0.2) is 25.5 Å². The number of thiophene rings is 1. The summed E-state index contributed by atoms with van der Waals surface area (Å²) in [5.41, 5.74) is 9.38. The van der Waals surface area contributed by atoms with Crippen molar-refractivity contribution in [3.8, 4) is 6.07 Å². The molecule has 0 fully saturated rings. The van der Waals surface area contributed by atoms with Gasteiger partial charge in [0.05, 0.1) is 34.7 Å². The van der Waals surface area contributed by atoms with E-state index < -0.39 is 10.8 Å². The van der Waals surface area contributed by atoms with Crippen molar-refractivity contribution >= 4 is 28.5 Å². The number of benzene rings is 1. The number of nitro groups is 1. The Balaban J connectivity index is 1.63. The first kappa shape index (κ1) is 21.5. The monoisotopic (exact) mass is 473 g/mol. The van der Waals surface area contributed by atoms with E-state index >= 15 is 0 Å². The minimum atomic E-state index is -0.572. The van der Waals surface area contributed by atoms with Gasteiger partial charge in [0, 0.05) is 34.7 Å². The highest BCUT2D eigenvalue weighted by Gasteiger charge is 2.41. The molecular weight excluding hydrogens is 454 g/mol. The maximum Gasteiger partial charge on any atom is 0.271 e. The van der Waals surface area contributed by atoms with Gasteiger partial charge >= 0.3 is 0 Å². The number of nitrogens with two attached hydrogens (primary N) is 1. The minimum Gasteiger partial charge on any atom is -0.384 e. The molecule has 5 rings (SSSR count). The summed E-state index contributed by atoms with van der Waals surface area (Å²) >= 11 is 1.46. The van der Waals surface area contributed by atoms with Crippen molar-refractivity contribution in [1.29, 1.82) is 5.26 Å². The fourth-order valence-electron chi connectivity index (χ4n) is 4.54. The molecule has 1 aromatic carbocycles. The molecule has 2 aliphatic rings. The van der Waals surface area contributed by atoms with Crippen molar-refractivity contribution < 1.29 is 9.72 Å². The summed E-state index contributed by atoms with van der Waals surface area (Å²) in [6, 6.07) is 10.3. The summed E-state index contributed by atoms with van der Waals surface area (Å²) in [6.07, 6.45) is 4.70. The average molecular weight is 474 g/mol. The Hall–Kier alpha value is -4.30. The highest BCUT2D eigenvalue weighted by atomic mass is 32.1. The number of anilines is 1. The number of hydrogen-bond donors (Lipinski definition) is 1. The van der Waals surface area contributed by atoms with Gasteiger partial charge in [-0.25, -0.2) is 9.67 Å². The lowest BCUT2D eigenvalue weighted by molar-refractivity contribution is -0.384. The second kappa shape index (κ2) is 8.57. The van der Waals surface area contributed by atoms with Crippen LogP contribution in [0.3, 0.4) is 0 Å². The Bertz CT molecular complexity index is 1400. The van der Waals surface area contributed by atoms with Gasteiger partial charge in [0.1, 0.15) is 18.5 Å². The van der Waals surface area contributed by atoms with Crippen LogP contribution in [-0.2, 0) is 11.3 Å². The van der Waals surface area contributed by atoms with E-state index in [-0.39, 0.29) is 22.9 Å². The first-order valence-corrected chi connectivity index (χ1v) is 11.5. The summed E-state index contributed by atoms with van der Waals surface area (Å²) in [5, 5.41) is 27.6. The van der Waals surface area contributed by atoms with Crippen molar-refractivity contribution in [2.45, 2.75) is 31.7 Å². The van der Waals surface area contributed by atoms with Crippen molar-refractivity contribution in [2.75, 3.05) is 4.90 Å². The lowest BCUT2D eigenvalue weighted by atomic mass is 9.78. The zero-order chi connectivity index (χ0) is 23.8. The predicted octanol–water partition coefficient (Wildman–Crippen LogP) is 3.60. The molecule has 170 valence electrons. The third-order valence-corrected chi connectivity index (χ3v) is 7.03. The van der Waals surface area contributed by atoms with Gasteiger partial charge in [-0.3, -0.25) is 19.8 Å². The zero-order valence-corrected chi connectivity index (χ0v) is 18.7. The second-order valence-corrected chi connectivity index (χ2v) is 8.99. The van der Waals surface area contributed by atoms with Crippen molar-refractivity contribution in [2.24, 2.45) is 5.73 Å². The highest BCUT2D eigenvalue weighted by molar-refractivity contribution is 7.10. The smallest absolute Gasteiger partial charge is 0.271 e. The molecular formula is C23H19N7O3S. The van der Waals surface area contributed by atoms with E-state index in [4.69, 9.17) is 5.73 Å². The summed E-state index contributed by atoms with van der Waals surface area (Å²) < 4.78 is 1.70. The Morgan fingerprint density at radius 3 is 2.91 bits per heavy atom. The number of carbonyl (C=O) groups excluding carboxylic acids is 1. The van der Waals surface area contributed by atoms with Crippen LogP contribution in [0.5, 0.6) is 0 Å². The summed E-state index contributed by atoms with van der Waals surface area (Å²) in [4.78, 5) is 30.5. The number of non-ortho nitro benzene ring substituents is 1. The lowest BCUT2D eigenvalue weighted by Gasteiger charge is -2.39. The molecule has 2 N–H and O–H groups in total. The molecule has 34 heavy (non-hydrogen) atoms. The molecule has 0 spiro atoms. The molecule has 1 aliphatic heterocycles. The van der Waals surface area contributed by atoms with Gasteiger partial charge in [0.25, 0.3) is 5.69 Å². The zero-order valence-electron chi connectivity index (χ0n) is 17.9. The Morgan fingerprint density at radius 2 is 2.18 bits per heavy atom. The normalized spacial score (nSPS) is 18.1. The molecule has 2 aromatic heterocycles. The Labute approximate surface area is 198 Å². The maximum atomic E-state index is 13.2. The van der Waals surface area contributed by atoms with Crippen LogP contribution < -0.4 is 10.6 Å². The van der Waals surface area contributed by atoms with Gasteiger partial charge in [0.15, 0.2) is 5.78 Å². The highest BCUT2D eigenvalue weighted by Crippen LogP contribution is 2.47. The number of ketones is 1. The molecule has 0 radical (unpaired) electrons. The van der Waals surface area contributed by atoms with Crippen LogP contribution in [0.25, 0.3) is 0 Å². The van der Waals surface area contributed by atoms with E-state index in [9.17, 15) is 20.2 Å². The molecule has 3 aromatic rings. The molecule has 0 amide bonds. The third kappa shape index (κ3) is 3.64. The lowest BCUT2D eigenvalue weighted by Crippen LogP contribution is -2.38. The first-order chi connectivity index (χ1) is 16.5. The molecule has 1 unspecified atom stereocenters. The molecule has 0 bridgehead atoms. The van der Waals surface area contributed by atoms with Gasteiger partial charge in [-0.2, -0.15) is 10.4 Å². The Morgan fingerprint density at radius 1 is 1.32 bits per heavy atom. The van der Waals surface area contributed by atoms with E-state index in [0.717, 1.165) is 10.4 Å². The number of Topliss-reactive ketones (excluding diaryl/α,β-unsaturated/α-hetero) is 1. The first-order valence-electron chi connectivity index (χ1n) is 10.6. The minimum absolute atomic E-state index is 0.0341. The number of aromatic nitrogens is 3. The van der Waals surface area contributed by atoms with Gasteiger partial charge < -0.3 is 5.73 Å². The van der Waals surface area contributed by atoms with E-state index in [1.54, 1.807) is 28.0 Å². The van der Waals surface area contributed by atoms with Gasteiger partial charge in [-0.05, 0) is 35.9 Å². The van der Waals surface area contributed by atoms with Crippen LogP contribution in [0.1, 0.15) is 35.6 Å². The topological polar surface area (TPSA) is 144 Å². The van der Waals surface area contributed by atoms with Crippen molar-refractivity contribution in [3.05, 3.63) is 91.6 Å². The number of nitro benzene ring substituents is 1. The predicted molar refractivity (Wildman–Crippen MR) is 124 cm³/mol. The SMILES string of the molecule is N#CC1=C(N)N(c2cccc([N+](=O)[O-])c2)C2=C(C(=O)CCC2)C1c1cc(Cn2cncn2)cs1. The molecule has 1 atom stereocenters. The Kier molecular flexibility index (Phi) is 5.43. The van der Waals surface area contributed by atoms with E-state index in [1.165, 1.54) is 29.8 Å². The summed E-state index contributed by atoms with van der Waals surface area (Å²) in [6.45, 7) is 0.518. The number of carbonyl (C=O) groups is 1. The molecule has 1 aliphatic carbocycles. The van der Waals surface area contributed by atoms with E-state index in [0.29, 0.717) is 42.8 Å². The van der Waals surface area contributed by atoms with E-state index in [2.05, 4.69) is 16.2 Å². The van der Waals surface area contributed by atoms with Crippen LogP contribution in [0.4, 0.5) is 11.4 Å². The fourth-order valence-corrected chi connectivity index (χ4v) is 5.56.